The summed E-state index contributed by atoms with van der Waals surface area (Å²) in [5.41, 5.74) is 6.79. The second-order valence-electron chi connectivity index (χ2n) is 5.81. The van der Waals surface area contributed by atoms with Crippen molar-refractivity contribution in [1.82, 2.24) is 9.88 Å². The molecule has 1 atom stereocenters. The fourth-order valence-electron chi connectivity index (χ4n) is 2.96. The van der Waals surface area contributed by atoms with Crippen molar-refractivity contribution < 1.29 is 0 Å². The van der Waals surface area contributed by atoms with E-state index in [-0.39, 0.29) is 0 Å². The van der Waals surface area contributed by atoms with Crippen LogP contribution < -0.4 is 5.73 Å². The van der Waals surface area contributed by atoms with E-state index in [4.69, 9.17) is 10.7 Å². The number of piperidine rings is 1. The van der Waals surface area contributed by atoms with E-state index in [9.17, 15) is 0 Å². The van der Waals surface area contributed by atoms with Crippen LogP contribution in [0.25, 0.3) is 0 Å². The Morgan fingerprint density at radius 1 is 1.47 bits per heavy atom. The number of rotatable bonds is 6. The predicted octanol–water partition coefficient (Wildman–Crippen LogP) is 2.84. The summed E-state index contributed by atoms with van der Waals surface area (Å²) in [7, 11) is 0. The summed E-state index contributed by atoms with van der Waals surface area (Å²) in [6.07, 6.45) is 7.27. The van der Waals surface area contributed by atoms with E-state index in [1.165, 1.54) is 36.5 Å². The Balaban J connectivity index is 1.93. The smallest absolute Gasteiger partial charge is 0.0943 e. The molecular formula is C15H27N3S. The van der Waals surface area contributed by atoms with Gasteiger partial charge in [0.05, 0.1) is 10.7 Å². The molecule has 0 bridgehead atoms. The Labute approximate surface area is 121 Å². The molecule has 2 rings (SSSR count). The first-order valence-electron chi connectivity index (χ1n) is 7.59. The van der Waals surface area contributed by atoms with Gasteiger partial charge in [0.2, 0.25) is 0 Å². The van der Waals surface area contributed by atoms with Crippen molar-refractivity contribution in [2.24, 2.45) is 5.73 Å². The molecule has 1 fully saturated rings. The molecule has 1 saturated heterocycles. The van der Waals surface area contributed by atoms with Crippen molar-refractivity contribution in [2.45, 2.75) is 64.5 Å². The minimum Gasteiger partial charge on any atom is -0.330 e. The SMILES string of the molecule is CC(C)N1CCCCC1Cc1nc(CCCN)cs1. The summed E-state index contributed by atoms with van der Waals surface area (Å²) < 4.78 is 0. The molecule has 0 aliphatic carbocycles. The number of aromatic nitrogens is 1. The van der Waals surface area contributed by atoms with Gasteiger partial charge in [0, 0.05) is 23.9 Å². The molecule has 19 heavy (non-hydrogen) atoms. The van der Waals surface area contributed by atoms with Crippen LogP contribution in [0.4, 0.5) is 0 Å². The first-order valence-corrected chi connectivity index (χ1v) is 8.47. The van der Waals surface area contributed by atoms with E-state index in [1.54, 1.807) is 0 Å². The van der Waals surface area contributed by atoms with Gasteiger partial charge in [-0.25, -0.2) is 4.98 Å². The molecular weight excluding hydrogens is 254 g/mol. The topological polar surface area (TPSA) is 42.2 Å². The van der Waals surface area contributed by atoms with Crippen LogP contribution in [0.3, 0.4) is 0 Å². The fourth-order valence-corrected chi connectivity index (χ4v) is 3.87. The molecule has 0 aromatic carbocycles. The minimum absolute atomic E-state index is 0.655. The molecule has 2 heterocycles. The maximum absolute atomic E-state index is 5.55. The van der Waals surface area contributed by atoms with Crippen LogP contribution in [0.1, 0.15) is 50.2 Å². The van der Waals surface area contributed by atoms with Gasteiger partial charge in [-0.2, -0.15) is 0 Å². The van der Waals surface area contributed by atoms with E-state index >= 15 is 0 Å². The Kier molecular flexibility index (Phi) is 5.79. The zero-order valence-electron chi connectivity index (χ0n) is 12.3. The van der Waals surface area contributed by atoms with Crippen molar-refractivity contribution in [1.29, 1.82) is 0 Å². The molecule has 0 spiro atoms. The fraction of sp³-hybridized carbons (Fsp3) is 0.800. The molecule has 0 saturated carbocycles. The number of hydrogen-bond donors (Lipinski definition) is 1. The lowest BCUT2D eigenvalue weighted by atomic mass is 9.98. The Hall–Kier alpha value is -0.450. The van der Waals surface area contributed by atoms with E-state index in [0.717, 1.165) is 25.8 Å². The predicted molar refractivity (Wildman–Crippen MR) is 82.7 cm³/mol. The Morgan fingerprint density at radius 2 is 2.32 bits per heavy atom. The van der Waals surface area contributed by atoms with Crippen molar-refractivity contribution >= 4 is 11.3 Å². The largest absolute Gasteiger partial charge is 0.330 e. The average molecular weight is 281 g/mol. The Bertz CT molecular complexity index is 375. The van der Waals surface area contributed by atoms with E-state index in [1.807, 2.05) is 11.3 Å². The van der Waals surface area contributed by atoms with Gasteiger partial charge in [0.25, 0.3) is 0 Å². The molecule has 1 aromatic rings. The lowest BCUT2D eigenvalue weighted by molar-refractivity contribution is 0.111. The number of nitrogens with zero attached hydrogens (tertiary/aromatic N) is 2. The number of thiazole rings is 1. The van der Waals surface area contributed by atoms with E-state index in [2.05, 4.69) is 24.1 Å². The van der Waals surface area contributed by atoms with Crippen LogP contribution >= 0.6 is 11.3 Å². The van der Waals surface area contributed by atoms with Crippen molar-refractivity contribution in [3.8, 4) is 0 Å². The van der Waals surface area contributed by atoms with Crippen LogP contribution in [0.5, 0.6) is 0 Å². The third-order valence-corrected chi connectivity index (χ3v) is 4.90. The molecule has 108 valence electrons. The normalized spacial score (nSPS) is 21.2. The second kappa shape index (κ2) is 7.36. The zero-order chi connectivity index (χ0) is 13.7. The molecule has 2 N–H and O–H groups in total. The third-order valence-electron chi connectivity index (χ3n) is 3.98. The monoisotopic (exact) mass is 281 g/mol. The lowest BCUT2D eigenvalue weighted by Crippen LogP contribution is -2.44. The highest BCUT2D eigenvalue weighted by molar-refractivity contribution is 7.09. The summed E-state index contributed by atoms with van der Waals surface area (Å²) in [4.78, 5) is 7.43. The molecule has 1 aromatic heterocycles. The number of hydrogen-bond acceptors (Lipinski definition) is 4. The van der Waals surface area contributed by atoms with E-state index < -0.39 is 0 Å². The van der Waals surface area contributed by atoms with Crippen LogP contribution in [-0.4, -0.2) is 35.1 Å². The minimum atomic E-state index is 0.655. The lowest BCUT2D eigenvalue weighted by Gasteiger charge is -2.38. The van der Waals surface area contributed by atoms with Gasteiger partial charge in [-0.1, -0.05) is 6.42 Å². The molecule has 3 nitrogen and oxygen atoms in total. The highest BCUT2D eigenvalue weighted by atomic mass is 32.1. The third kappa shape index (κ3) is 4.26. The van der Waals surface area contributed by atoms with E-state index in [0.29, 0.717) is 12.1 Å². The standard InChI is InChI=1S/C15H27N3S/c1-12(2)18-9-4-3-7-14(18)10-15-17-13(11-19-15)6-5-8-16/h11-12,14H,3-10,16H2,1-2H3. The quantitative estimate of drug-likeness (QED) is 0.872. The van der Waals surface area contributed by atoms with Gasteiger partial charge < -0.3 is 5.73 Å². The number of nitrogens with two attached hydrogens (primary N) is 1. The molecule has 0 radical (unpaired) electrons. The van der Waals surface area contributed by atoms with Gasteiger partial charge in [0.15, 0.2) is 0 Å². The molecule has 1 unspecified atom stereocenters. The summed E-state index contributed by atoms with van der Waals surface area (Å²) in [5, 5.41) is 3.53. The van der Waals surface area contributed by atoms with Crippen LogP contribution in [0, 0.1) is 0 Å². The van der Waals surface area contributed by atoms with Gasteiger partial charge in [-0.15, -0.1) is 11.3 Å². The first-order chi connectivity index (χ1) is 9.20. The highest BCUT2D eigenvalue weighted by Crippen LogP contribution is 2.24. The molecule has 1 aliphatic rings. The Morgan fingerprint density at radius 3 is 3.05 bits per heavy atom. The van der Waals surface area contributed by atoms with Crippen LogP contribution in [0.2, 0.25) is 0 Å². The van der Waals surface area contributed by atoms with Gasteiger partial charge in [-0.3, -0.25) is 4.90 Å². The highest BCUT2D eigenvalue weighted by Gasteiger charge is 2.25. The molecule has 4 heteroatoms. The molecule has 0 amide bonds. The van der Waals surface area contributed by atoms with Crippen molar-refractivity contribution in [2.75, 3.05) is 13.1 Å². The second-order valence-corrected chi connectivity index (χ2v) is 6.75. The zero-order valence-corrected chi connectivity index (χ0v) is 13.1. The summed E-state index contributed by atoms with van der Waals surface area (Å²) in [6.45, 7) is 6.64. The number of aryl methyl sites for hydroxylation is 1. The summed E-state index contributed by atoms with van der Waals surface area (Å²) in [6, 6.07) is 1.35. The maximum atomic E-state index is 5.55. The van der Waals surface area contributed by atoms with Gasteiger partial charge in [0.1, 0.15) is 0 Å². The van der Waals surface area contributed by atoms with Crippen LogP contribution in [-0.2, 0) is 12.8 Å². The summed E-state index contributed by atoms with van der Waals surface area (Å²) in [5.74, 6) is 0. The maximum Gasteiger partial charge on any atom is 0.0943 e. The van der Waals surface area contributed by atoms with Crippen LogP contribution in [0.15, 0.2) is 5.38 Å². The van der Waals surface area contributed by atoms with Gasteiger partial charge in [-0.05, 0) is 52.6 Å². The molecule has 1 aliphatic heterocycles. The van der Waals surface area contributed by atoms with Crippen molar-refractivity contribution in [3.63, 3.8) is 0 Å². The average Bonchev–Trinajstić information content (AvgIpc) is 2.84. The van der Waals surface area contributed by atoms with Gasteiger partial charge >= 0.3 is 0 Å². The summed E-state index contributed by atoms with van der Waals surface area (Å²) >= 11 is 1.83. The number of likely N-dealkylation sites (tertiary alicyclic amines) is 1. The first kappa shape index (κ1) is 14.9. The van der Waals surface area contributed by atoms with Crippen molar-refractivity contribution in [3.05, 3.63) is 16.1 Å².